The van der Waals surface area contributed by atoms with Crippen LogP contribution in [0.25, 0.3) is 0 Å². The molecule has 0 aliphatic rings. The quantitative estimate of drug-likeness (QED) is 0.225. The number of carbonyl (C=O) groups excluding carboxylic acids is 2. The Morgan fingerprint density at radius 2 is 1.57 bits per heavy atom. The molecule has 0 heterocycles. The number of anilines is 1. The number of nitrogens with one attached hydrogen (secondary N) is 1. The van der Waals surface area contributed by atoms with Gasteiger partial charge >= 0.3 is 0 Å². The molecule has 2 atom stereocenters. The molecule has 0 saturated carbocycles. The van der Waals surface area contributed by atoms with Gasteiger partial charge in [0.25, 0.3) is 10.0 Å². The number of halogens is 3. The molecule has 0 radical (unpaired) electrons. The molecule has 0 fully saturated rings. The van der Waals surface area contributed by atoms with E-state index in [0.29, 0.717) is 39.0 Å². The molecule has 3 aromatic rings. The summed E-state index contributed by atoms with van der Waals surface area (Å²) in [6.07, 6.45) is 0.996. The van der Waals surface area contributed by atoms with Crippen LogP contribution in [0.4, 0.5) is 5.69 Å². The maximum absolute atomic E-state index is 14.2. The predicted octanol–water partition coefficient (Wildman–Crippen LogP) is 7.18. The number of sulfonamides is 1. The molecule has 7 nitrogen and oxygen atoms in total. The van der Waals surface area contributed by atoms with Gasteiger partial charge in [0.15, 0.2) is 0 Å². The van der Waals surface area contributed by atoms with Crippen LogP contribution in [0.5, 0.6) is 0 Å². The largest absolute Gasteiger partial charge is 0.352 e. The Labute approximate surface area is 263 Å². The van der Waals surface area contributed by atoms with Crippen molar-refractivity contribution in [2.45, 2.75) is 71.0 Å². The Morgan fingerprint density at radius 3 is 2.17 bits per heavy atom. The Bertz CT molecular complexity index is 1530. The average molecular weight is 653 g/mol. The van der Waals surface area contributed by atoms with Crippen molar-refractivity contribution in [1.29, 1.82) is 0 Å². The lowest BCUT2D eigenvalue weighted by Crippen LogP contribution is -2.53. The van der Waals surface area contributed by atoms with Gasteiger partial charge in [-0.05, 0) is 81.1 Å². The molecule has 0 aliphatic carbocycles. The highest BCUT2D eigenvalue weighted by atomic mass is 35.5. The number of hydrogen-bond acceptors (Lipinski definition) is 4. The lowest BCUT2D eigenvalue weighted by Gasteiger charge is -2.34. The number of hydrogen-bond donors (Lipinski definition) is 1. The summed E-state index contributed by atoms with van der Waals surface area (Å²) in [4.78, 5) is 29.1. The predicted molar refractivity (Wildman–Crippen MR) is 171 cm³/mol. The molecule has 3 aromatic carbocycles. The minimum Gasteiger partial charge on any atom is -0.352 e. The molecule has 0 spiro atoms. The third-order valence-corrected chi connectivity index (χ3v) is 9.91. The second-order valence-electron chi connectivity index (χ2n) is 10.2. The molecule has 0 aliphatic heterocycles. The maximum atomic E-state index is 14.2. The van der Waals surface area contributed by atoms with E-state index >= 15 is 0 Å². The summed E-state index contributed by atoms with van der Waals surface area (Å²) in [5.74, 6) is -0.917. The smallest absolute Gasteiger partial charge is 0.264 e. The first-order valence-electron chi connectivity index (χ1n) is 13.7. The van der Waals surface area contributed by atoms with Crippen LogP contribution in [0.2, 0.25) is 15.1 Å². The molecule has 0 saturated heterocycles. The van der Waals surface area contributed by atoms with Gasteiger partial charge in [-0.1, -0.05) is 78.5 Å². The zero-order valence-electron chi connectivity index (χ0n) is 24.3. The molecule has 0 aromatic heterocycles. The SMILES string of the molecule is CC[C@@H](C)NC(=O)[C@H](CC)N(Cc1ccc(Cl)cc1Cl)C(=O)CN(c1cccc(Cl)c1C)S(=O)(=O)c1ccc(C)cc1. The van der Waals surface area contributed by atoms with E-state index in [4.69, 9.17) is 34.8 Å². The van der Waals surface area contributed by atoms with E-state index in [1.165, 1.54) is 17.0 Å². The van der Waals surface area contributed by atoms with Crippen LogP contribution in [0.1, 0.15) is 50.3 Å². The standard InChI is InChI=1S/C31H36Cl3N3O4S/c1-6-21(4)35-31(39)28(7-2)36(18-23-13-14-24(32)17-27(23)34)30(38)19-37(29-10-8-9-26(33)22(29)5)42(40,41)25-15-11-20(3)12-16-25/h8-17,21,28H,6-7,18-19H2,1-5H3,(H,35,39)/t21-,28+/m1/s1. The van der Waals surface area contributed by atoms with Gasteiger partial charge in [-0.25, -0.2) is 8.42 Å². The van der Waals surface area contributed by atoms with Gasteiger partial charge in [0.2, 0.25) is 11.8 Å². The minimum atomic E-state index is -4.22. The van der Waals surface area contributed by atoms with Gasteiger partial charge in [0.1, 0.15) is 12.6 Å². The normalized spacial score (nSPS) is 12.9. The van der Waals surface area contributed by atoms with Crippen LogP contribution in [-0.4, -0.2) is 43.8 Å². The molecular formula is C31H36Cl3N3O4S. The van der Waals surface area contributed by atoms with E-state index in [9.17, 15) is 18.0 Å². The van der Waals surface area contributed by atoms with E-state index in [0.717, 1.165) is 9.87 Å². The number of nitrogens with zero attached hydrogens (tertiary/aromatic N) is 2. The van der Waals surface area contributed by atoms with Crippen LogP contribution < -0.4 is 9.62 Å². The van der Waals surface area contributed by atoms with Crippen LogP contribution in [-0.2, 0) is 26.2 Å². The van der Waals surface area contributed by atoms with Crippen molar-refractivity contribution in [2.24, 2.45) is 0 Å². The zero-order valence-corrected chi connectivity index (χ0v) is 27.4. The Balaban J connectivity index is 2.13. The summed E-state index contributed by atoms with van der Waals surface area (Å²) in [6.45, 7) is 8.57. The third kappa shape index (κ3) is 7.98. The van der Waals surface area contributed by atoms with Crippen molar-refractivity contribution in [3.63, 3.8) is 0 Å². The number of aryl methyl sites for hydroxylation is 1. The van der Waals surface area contributed by atoms with E-state index in [-0.39, 0.29) is 29.1 Å². The molecule has 226 valence electrons. The third-order valence-electron chi connectivity index (χ3n) is 7.14. The van der Waals surface area contributed by atoms with E-state index in [2.05, 4.69) is 5.32 Å². The molecular weight excluding hydrogens is 617 g/mol. The van der Waals surface area contributed by atoms with Gasteiger partial charge in [0, 0.05) is 27.7 Å². The molecule has 2 amide bonds. The lowest BCUT2D eigenvalue weighted by atomic mass is 10.1. The summed E-state index contributed by atoms with van der Waals surface area (Å²) in [5.41, 5.74) is 2.21. The molecule has 1 N–H and O–H groups in total. The van der Waals surface area contributed by atoms with Gasteiger partial charge in [-0.15, -0.1) is 0 Å². The van der Waals surface area contributed by atoms with Crippen LogP contribution in [0, 0.1) is 13.8 Å². The van der Waals surface area contributed by atoms with Crippen molar-refractivity contribution in [3.8, 4) is 0 Å². The first-order chi connectivity index (χ1) is 19.8. The Kier molecular flexibility index (Phi) is 11.7. The molecule has 11 heteroatoms. The molecule has 0 bridgehead atoms. The second kappa shape index (κ2) is 14.6. The number of amides is 2. The number of carbonyl (C=O) groups is 2. The Morgan fingerprint density at radius 1 is 0.905 bits per heavy atom. The van der Waals surface area contributed by atoms with Crippen LogP contribution >= 0.6 is 34.8 Å². The number of rotatable bonds is 12. The van der Waals surface area contributed by atoms with Crippen molar-refractivity contribution < 1.29 is 18.0 Å². The highest BCUT2D eigenvalue weighted by Gasteiger charge is 2.35. The fourth-order valence-corrected chi connectivity index (χ4v) is 6.52. The monoisotopic (exact) mass is 651 g/mol. The fraction of sp³-hybridized carbons (Fsp3) is 0.355. The first-order valence-corrected chi connectivity index (χ1v) is 16.3. The highest BCUT2D eigenvalue weighted by Crippen LogP contribution is 2.32. The van der Waals surface area contributed by atoms with Gasteiger partial charge < -0.3 is 10.2 Å². The average Bonchev–Trinajstić information content (AvgIpc) is 2.94. The van der Waals surface area contributed by atoms with Crippen molar-refractivity contribution in [2.75, 3.05) is 10.8 Å². The van der Waals surface area contributed by atoms with Gasteiger partial charge in [-0.3, -0.25) is 13.9 Å². The Hall–Kier alpha value is -2.78. The van der Waals surface area contributed by atoms with E-state index < -0.39 is 28.5 Å². The zero-order chi connectivity index (χ0) is 31.2. The summed E-state index contributed by atoms with van der Waals surface area (Å²) >= 11 is 19.0. The van der Waals surface area contributed by atoms with E-state index in [1.54, 1.807) is 62.4 Å². The van der Waals surface area contributed by atoms with Crippen molar-refractivity contribution in [3.05, 3.63) is 92.4 Å². The van der Waals surface area contributed by atoms with Crippen molar-refractivity contribution in [1.82, 2.24) is 10.2 Å². The van der Waals surface area contributed by atoms with Crippen LogP contribution in [0.15, 0.2) is 65.6 Å². The number of benzene rings is 3. The fourth-order valence-electron chi connectivity index (χ4n) is 4.41. The minimum absolute atomic E-state index is 0.0223. The van der Waals surface area contributed by atoms with Gasteiger partial charge in [-0.2, -0.15) is 0 Å². The maximum Gasteiger partial charge on any atom is 0.264 e. The summed E-state index contributed by atoms with van der Waals surface area (Å²) < 4.78 is 29.2. The molecule has 42 heavy (non-hydrogen) atoms. The molecule has 3 rings (SSSR count). The van der Waals surface area contributed by atoms with Gasteiger partial charge in [0.05, 0.1) is 10.6 Å². The highest BCUT2D eigenvalue weighted by molar-refractivity contribution is 7.92. The summed E-state index contributed by atoms with van der Waals surface area (Å²) in [5, 5.41) is 4.06. The first kappa shape index (κ1) is 33.7. The summed E-state index contributed by atoms with van der Waals surface area (Å²) in [6, 6.07) is 15.2. The molecule has 0 unspecified atom stereocenters. The topological polar surface area (TPSA) is 86.8 Å². The lowest BCUT2D eigenvalue weighted by molar-refractivity contribution is -0.140. The van der Waals surface area contributed by atoms with Crippen molar-refractivity contribution >= 4 is 62.3 Å². The van der Waals surface area contributed by atoms with E-state index in [1.807, 2.05) is 20.8 Å². The summed E-state index contributed by atoms with van der Waals surface area (Å²) in [7, 11) is -4.22. The van der Waals surface area contributed by atoms with Crippen LogP contribution in [0.3, 0.4) is 0 Å². The second-order valence-corrected chi connectivity index (χ2v) is 13.3.